The number of rotatable bonds is 43. The van der Waals surface area contributed by atoms with Crippen LogP contribution in [0, 0.1) is 0 Å². The predicted molar refractivity (Wildman–Crippen MR) is 272 cm³/mol. The Morgan fingerprint density at radius 2 is 0.928 bits per heavy atom. The summed E-state index contributed by atoms with van der Waals surface area (Å²) < 4.78 is 22.7. The third kappa shape index (κ3) is 28.3. The average Bonchev–Trinajstić information content (AvgIpc) is 3.35. The van der Waals surface area contributed by atoms with Crippen LogP contribution in [0.3, 0.4) is 0 Å². The zero-order valence-corrected chi connectivity index (χ0v) is 43.1. The highest BCUT2D eigenvalue weighted by molar-refractivity contribution is 5.76. The Morgan fingerprint density at radius 3 is 1.42 bits per heavy atom. The predicted octanol–water partition coefficient (Wildman–Crippen LogP) is 8.27. The number of nitrogens with one attached hydrogen (secondary N) is 1. The van der Waals surface area contributed by atoms with Gasteiger partial charge < -0.3 is 65.1 Å². The number of carbonyl (C=O) groups is 1. The molecule has 2 rings (SSSR count). The van der Waals surface area contributed by atoms with Crippen molar-refractivity contribution in [3.05, 3.63) is 36.5 Å². The van der Waals surface area contributed by atoms with Gasteiger partial charge in [0.1, 0.15) is 48.8 Å². The second-order valence-electron chi connectivity index (χ2n) is 19.7. The largest absolute Gasteiger partial charge is 0.394 e. The van der Waals surface area contributed by atoms with E-state index in [-0.39, 0.29) is 18.9 Å². The number of ether oxygens (including phenoxy) is 4. The van der Waals surface area contributed by atoms with Gasteiger partial charge in [-0.15, -0.1) is 0 Å². The molecule has 0 aromatic rings. The molecule has 0 aliphatic carbocycles. The molecule has 14 heteroatoms. The van der Waals surface area contributed by atoms with Crippen LogP contribution in [0.2, 0.25) is 0 Å². The lowest BCUT2D eigenvalue weighted by Gasteiger charge is -2.46. The van der Waals surface area contributed by atoms with Crippen molar-refractivity contribution in [1.82, 2.24) is 5.32 Å². The molecule has 1 amide bonds. The van der Waals surface area contributed by atoms with Crippen LogP contribution in [-0.4, -0.2) is 140 Å². The zero-order valence-electron chi connectivity index (χ0n) is 43.1. The maximum absolute atomic E-state index is 13.2. The van der Waals surface area contributed by atoms with Crippen LogP contribution in [-0.2, 0) is 23.7 Å². The Morgan fingerprint density at radius 1 is 0.507 bits per heavy atom. The molecule has 12 unspecified atom stereocenters. The van der Waals surface area contributed by atoms with E-state index >= 15 is 0 Å². The van der Waals surface area contributed by atoms with Crippen LogP contribution >= 0.6 is 0 Å². The normalized spacial score (nSPS) is 26.4. The SMILES string of the molecule is CCCCCCC/C=C/CC/C=C/CC/C=C/C(O)C(COC1OC(CO)C(OC2OC(CO)C(O)C(O)C2O)C(O)C1O)NC(=O)CCCCCCCCCCCCCCCCCCCCCC. The zero-order chi connectivity index (χ0) is 50.3. The lowest BCUT2D eigenvalue weighted by Crippen LogP contribution is -2.65. The number of carbonyl (C=O) groups excluding carboxylic acids is 1. The molecule has 9 N–H and O–H groups in total. The molecular formula is C55H101NO13. The van der Waals surface area contributed by atoms with Gasteiger partial charge in [0.2, 0.25) is 5.91 Å². The van der Waals surface area contributed by atoms with Crippen LogP contribution in [0.25, 0.3) is 0 Å². The minimum absolute atomic E-state index is 0.252. The van der Waals surface area contributed by atoms with Gasteiger partial charge in [0.05, 0.1) is 32.0 Å². The van der Waals surface area contributed by atoms with E-state index in [0.29, 0.717) is 12.8 Å². The Bertz CT molecular complexity index is 1300. The van der Waals surface area contributed by atoms with E-state index in [1.165, 1.54) is 135 Å². The molecule has 2 fully saturated rings. The van der Waals surface area contributed by atoms with Crippen LogP contribution < -0.4 is 5.32 Å². The highest BCUT2D eigenvalue weighted by Crippen LogP contribution is 2.30. The lowest BCUT2D eigenvalue weighted by atomic mass is 9.97. The van der Waals surface area contributed by atoms with Gasteiger partial charge in [-0.25, -0.2) is 0 Å². The number of hydrogen-bond donors (Lipinski definition) is 9. The summed E-state index contributed by atoms with van der Waals surface area (Å²) >= 11 is 0. The summed E-state index contributed by atoms with van der Waals surface area (Å²) in [5.74, 6) is -0.252. The number of hydrogen-bond acceptors (Lipinski definition) is 13. The Labute approximate surface area is 417 Å². The molecule has 2 aliphatic rings. The monoisotopic (exact) mass is 984 g/mol. The fourth-order valence-corrected chi connectivity index (χ4v) is 9.03. The van der Waals surface area contributed by atoms with Crippen molar-refractivity contribution in [3.8, 4) is 0 Å². The molecule has 12 atom stereocenters. The third-order valence-electron chi connectivity index (χ3n) is 13.6. The van der Waals surface area contributed by atoms with Gasteiger partial charge in [0.15, 0.2) is 12.6 Å². The molecule has 2 saturated heterocycles. The van der Waals surface area contributed by atoms with Crippen molar-refractivity contribution in [1.29, 1.82) is 0 Å². The molecular weight excluding hydrogens is 883 g/mol. The van der Waals surface area contributed by atoms with Crippen molar-refractivity contribution in [2.24, 2.45) is 0 Å². The second kappa shape index (κ2) is 41.7. The first-order chi connectivity index (χ1) is 33.6. The molecule has 0 aromatic carbocycles. The number of aliphatic hydroxyl groups is 8. The fraction of sp³-hybridized carbons (Fsp3) is 0.873. The lowest BCUT2D eigenvalue weighted by molar-refractivity contribution is -0.359. The summed E-state index contributed by atoms with van der Waals surface area (Å²) in [7, 11) is 0. The first-order valence-corrected chi connectivity index (χ1v) is 27.7. The smallest absolute Gasteiger partial charge is 0.220 e. The van der Waals surface area contributed by atoms with Crippen molar-refractivity contribution >= 4 is 5.91 Å². The van der Waals surface area contributed by atoms with E-state index in [0.717, 1.165) is 44.9 Å². The van der Waals surface area contributed by atoms with Crippen molar-refractivity contribution in [2.75, 3.05) is 19.8 Å². The van der Waals surface area contributed by atoms with Crippen LogP contribution in [0.4, 0.5) is 0 Å². The number of unbranched alkanes of at least 4 members (excludes halogenated alkanes) is 26. The first kappa shape index (κ1) is 63.3. The van der Waals surface area contributed by atoms with Gasteiger partial charge in [0.25, 0.3) is 0 Å². The first-order valence-electron chi connectivity index (χ1n) is 27.7. The molecule has 2 aliphatic heterocycles. The van der Waals surface area contributed by atoms with Gasteiger partial charge in [-0.2, -0.15) is 0 Å². The fourth-order valence-electron chi connectivity index (χ4n) is 9.03. The van der Waals surface area contributed by atoms with Gasteiger partial charge >= 0.3 is 0 Å². The number of amides is 1. The van der Waals surface area contributed by atoms with E-state index in [1.54, 1.807) is 6.08 Å². The minimum Gasteiger partial charge on any atom is -0.394 e. The second-order valence-corrected chi connectivity index (χ2v) is 19.7. The quantitative estimate of drug-likeness (QED) is 0.0207. The molecule has 69 heavy (non-hydrogen) atoms. The maximum atomic E-state index is 13.2. The topological polar surface area (TPSA) is 228 Å². The molecule has 404 valence electrons. The Hall–Kier alpha value is -1.79. The standard InChI is InChI=1S/C55H101NO13/c1-3-5-7-9-11-13-15-17-19-20-21-22-23-25-27-29-31-33-35-37-39-47(60)56-43(44(59)38-36-34-32-30-28-26-24-18-16-14-12-10-8-6-4-2)42-66-54-52(65)50(63)53(46(41-58)68-54)69-55-51(64)49(62)48(61)45(40-57)67-55/h16,18,28,30,36,38,43-46,48-55,57-59,61-65H,3-15,17,19-27,29,31-35,37,39-42H2,1-2H3,(H,56,60)/b18-16+,30-28+,38-36+. The highest BCUT2D eigenvalue weighted by atomic mass is 16.7. The molecule has 0 spiro atoms. The molecule has 2 heterocycles. The summed E-state index contributed by atoms with van der Waals surface area (Å²) in [5.41, 5.74) is 0. The summed E-state index contributed by atoms with van der Waals surface area (Å²) in [5, 5.41) is 86.8. The average molecular weight is 984 g/mol. The van der Waals surface area contributed by atoms with Gasteiger partial charge in [-0.1, -0.05) is 198 Å². The Kier molecular flexibility index (Phi) is 38.2. The highest BCUT2D eigenvalue weighted by Gasteiger charge is 2.51. The van der Waals surface area contributed by atoms with Crippen molar-refractivity contribution in [2.45, 2.75) is 286 Å². The van der Waals surface area contributed by atoms with Crippen LogP contribution in [0.5, 0.6) is 0 Å². The van der Waals surface area contributed by atoms with Crippen LogP contribution in [0.15, 0.2) is 36.5 Å². The molecule has 0 bridgehead atoms. The number of aliphatic hydroxyl groups excluding tert-OH is 8. The minimum atomic E-state index is -1.79. The maximum Gasteiger partial charge on any atom is 0.220 e. The summed E-state index contributed by atoms with van der Waals surface area (Å²) in [6.07, 6.45) is 31.8. The van der Waals surface area contributed by atoms with E-state index in [4.69, 9.17) is 18.9 Å². The molecule has 0 radical (unpaired) electrons. The van der Waals surface area contributed by atoms with E-state index in [2.05, 4.69) is 43.5 Å². The van der Waals surface area contributed by atoms with Gasteiger partial charge in [0, 0.05) is 6.42 Å². The van der Waals surface area contributed by atoms with Crippen LogP contribution in [0.1, 0.15) is 213 Å². The Balaban J connectivity index is 1.81. The summed E-state index contributed by atoms with van der Waals surface area (Å²) in [4.78, 5) is 13.2. The van der Waals surface area contributed by atoms with E-state index < -0.39 is 86.8 Å². The van der Waals surface area contributed by atoms with E-state index in [9.17, 15) is 45.6 Å². The third-order valence-corrected chi connectivity index (χ3v) is 13.6. The van der Waals surface area contributed by atoms with Crippen molar-refractivity contribution in [3.63, 3.8) is 0 Å². The molecule has 0 saturated carbocycles. The summed E-state index contributed by atoms with van der Waals surface area (Å²) in [6, 6.07) is -0.934. The summed E-state index contributed by atoms with van der Waals surface area (Å²) in [6.45, 7) is 2.76. The molecule has 0 aromatic heterocycles. The van der Waals surface area contributed by atoms with Crippen molar-refractivity contribution < 1.29 is 64.6 Å². The van der Waals surface area contributed by atoms with Gasteiger partial charge in [-0.05, 0) is 44.9 Å². The van der Waals surface area contributed by atoms with Gasteiger partial charge in [-0.3, -0.25) is 4.79 Å². The number of allylic oxidation sites excluding steroid dienone is 5. The molecule has 14 nitrogen and oxygen atoms in total. The van der Waals surface area contributed by atoms with E-state index in [1.807, 2.05) is 6.08 Å².